The lowest BCUT2D eigenvalue weighted by molar-refractivity contribution is 0.0691. The third kappa shape index (κ3) is 2.66. The first-order valence-electron chi connectivity index (χ1n) is 7.11. The Balaban J connectivity index is 2.08. The van der Waals surface area contributed by atoms with Gasteiger partial charge in [-0.1, -0.05) is 24.5 Å². The van der Waals surface area contributed by atoms with Crippen LogP contribution >= 0.6 is 0 Å². The Bertz CT molecular complexity index is 645. The molecule has 6 heteroatoms. The molecule has 1 aliphatic rings. The minimum Gasteiger partial charge on any atom is -0.476 e. The van der Waals surface area contributed by atoms with Crippen LogP contribution in [0.3, 0.4) is 0 Å². The molecule has 1 saturated carbocycles. The van der Waals surface area contributed by atoms with Gasteiger partial charge < -0.3 is 5.11 Å². The lowest BCUT2D eigenvalue weighted by Gasteiger charge is -2.23. The molecular weight excluding hydrogens is 273 g/mol. The average Bonchev–Trinajstić information content (AvgIpc) is 2.94. The van der Waals surface area contributed by atoms with Gasteiger partial charge in [-0.15, -0.1) is 5.10 Å². The Labute approximate surface area is 121 Å². The monoisotopic (exact) mass is 289 g/mol. The normalized spacial score (nSPS) is 16.0. The summed E-state index contributed by atoms with van der Waals surface area (Å²) in [5.41, 5.74) is 1.02. The molecule has 1 aromatic heterocycles. The fourth-order valence-electron chi connectivity index (χ4n) is 2.90. The van der Waals surface area contributed by atoms with E-state index in [9.17, 15) is 14.3 Å². The quantitative estimate of drug-likeness (QED) is 0.941. The second kappa shape index (κ2) is 5.63. The predicted octanol–water partition coefficient (Wildman–Crippen LogP) is 3.29. The van der Waals surface area contributed by atoms with Gasteiger partial charge in [0.25, 0.3) is 0 Å². The van der Waals surface area contributed by atoms with Crippen molar-refractivity contribution in [2.45, 2.75) is 38.1 Å². The highest BCUT2D eigenvalue weighted by Gasteiger charge is 2.26. The summed E-state index contributed by atoms with van der Waals surface area (Å²) >= 11 is 0. The van der Waals surface area contributed by atoms with Crippen molar-refractivity contribution >= 4 is 5.97 Å². The SMILES string of the molecule is O=C(O)c1nnn(C2CCCCC2)c1-c1ccc(F)cc1. The molecular formula is C15H16FN3O2. The second-order valence-corrected chi connectivity index (χ2v) is 5.34. The van der Waals surface area contributed by atoms with Crippen molar-refractivity contribution in [3.8, 4) is 11.3 Å². The average molecular weight is 289 g/mol. The molecule has 0 radical (unpaired) electrons. The molecule has 3 rings (SSSR count). The van der Waals surface area contributed by atoms with Crippen molar-refractivity contribution in [2.75, 3.05) is 0 Å². The van der Waals surface area contributed by atoms with E-state index in [1.165, 1.54) is 18.6 Å². The van der Waals surface area contributed by atoms with Crippen molar-refractivity contribution in [1.82, 2.24) is 15.0 Å². The fourth-order valence-corrected chi connectivity index (χ4v) is 2.90. The maximum atomic E-state index is 13.1. The van der Waals surface area contributed by atoms with E-state index >= 15 is 0 Å². The number of aromatic nitrogens is 3. The minimum absolute atomic E-state index is 0.0767. The van der Waals surface area contributed by atoms with Crippen LogP contribution in [0.25, 0.3) is 11.3 Å². The molecule has 1 fully saturated rings. The van der Waals surface area contributed by atoms with Crippen LogP contribution in [0.5, 0.6) is 0 Å². The van der Waals surface area contributed by atoms with E-state index in [1.54, 1.807) is 16.8 Å². The number of rotatable bonds is 3. The number of nitrogens with zero attached hydrogens (tertiary/aromatic N) is 3. The Morgan fingerprint density at radius 3 is 2.48 bits per heavy atom. The Morgan fingerprint density at radius 1 is 1.19 bits per heavy atom. The van der Waals surface area contributed by atoms with Gasteiger partial charge in [-0.3, -0.25) is 0 Å². The molecule has 2 aromatic rings. The van der Waals surface area contributed by atoms with E-state index in [1.807, 2.05) is 0 Å². The lowest BCUT2D eigenvalue weighted by Crippen LogP contribution is -2.15. The summed E-state index contributed by atoms with van der Waals surface area (Å²) in [5, 5.41) is 17.2. The van der Waals surface area contributed by atoms with Crippen LogP contribution in [-0.2, 0) is 0 Å². The van der Waals surface area contributed by atoms with E-state index < -0.39 is 5.97 Å². The Hall–Kier alpha value is -2.24. The third-order valence-corrected chi connectivity index (χ3v) is 3.94. The molecule has 0 unspecified atom stereocenters. The Kier molecular flexibility index (Phi) is 3.68. The van der Waals surface area contributed by atoms with E-state index in [0.29, 0.717) is 11.3 Å². The third-order valence-electron chi connectivity index (χ3n) is 3.94. The van der Waals surface area contributed by atoms with Crippen molar-refractivity contribution in [3.63, 3.8) is 0 Å². The van der Waals surface area contributed by atoms with Gasteiger partial charge in [0, 0.05) is 5.56 Å². The molecule has 110 valence electrons. The van der Waals surface area contributed by atoms with E-state index in [-0.39, 0.29) is 17.6 Å². The highest BCUT2D eigenvalue weighted by molar-refractivity contribution is 5.92. The molecule has 0 amide bonds. The zero-order chi connectivity index (χ0) is 14.8. The summed E-state index contributed by atoms with van der Waals surface area (Å²) in [6, 6.07) is 5.94. The second-order valence-electron chi connectivity index (χ2n) is 5.34. The number of hydrogen-bond acceptors (Lipinski definition) is 3. The largest absolute Gasteiger partial charge is 0.476 e. The van der Waals surface area contributed by atoms with E-state index in [0.717, 1.165) is 25.7 Å². The van der Waals surface area contributed by atoms with Crippen LogP contribution in [0.2, 0.25) is 0 Å². The zero-order valence-corrected chi connectivity index (χ0v) is 11.5. The maximum Gasteiger partial charge on any atom is 0.358 e. The van der Waals surface area contributed by atoms with Crippen molar-refractivity contribution in [3.05, 3.63) is 35.8 Å². The molecule has 0 bridgehead atoms. The van der Waals surface area contributed by atoms with Crippen molar-refractivity contribution < 1.29 is 14.3 Å². The van der Waals surface area contributed by atoms with Crippen LogP contribution in [-0.4, -0.2) is 26.1 Å². The number of carboxylic acid groups (broad SMARTS) is 1. The van der Waals surface area contributed by atoms with Gasteiger partial charge in [-0.25, -0.2) is 13.9 Å². The maximum absolute atomic E-state index is 13.1. The Morgan fingerprint density at radius 2 is 1.86 bits per heavy atom. The van der Waals surface area contributed by atoms with Gasteiger partial charge in [0.2, 0.25) is 0 Å². The lowest BCUT2D eigenvalue weighted by atomic mass is 9.95. The molecule has 1 aromatic carbocycles. The van der Waals surface area contributed by atoms with Gasteiger partial charge >= 0.3 is 5.97 Å². The van der Waals surface area contributed by atoms with Crippen LogP contribution in [0.4, 0.5) is 4.39 Å². The molecule has 0 spiro atoms. The van der Waals surface area contributed by atoms with Crippen LogP contribution in [0, 0.1) is 5.82 Å². The van der Waals surface area contributed by atoms with Crippen molar-refractivity contribution in [2.24, 2.45) is 0 Å². The number of halogens is 1. The van der Waals surface area contributed by atoms with Crippen LogP contribution < -0.4 is 0 Å². The number of hydrogen-bond donors (Lipinski definition) is 1. The molecule has 21 heavy (non-hydrogen) atoms. The number of aromatic carboxylic acids is 1. The van der Waals surface area contributed by atoms with Gasteiger partial charge in [0.05, 0.1) is 6.04 Å². The summed E-state index contributed by atoms with van der Waals surface area (Å²) in [6.45, 7) is 0. The zero-order valence-electron chi connectivity index (χ0n) is 11.5. The minimum atomic E-state index is -1.11. The summed E-state index contributed by atoms with van der Waals surface area (Å²) in [6.07, 6.45) is 5.35. The van der Waals surface area contributed by atoms with Gasteiger partial charge in [0.1, 0.15) is 11.5 Å². The molecule has 1 heterocycles. The highest BCUT2D eigenvalue weighted by atomic mass is 19.1. The first-order chi connectivity index (χ1) is 10.2. The van der Waals surface area contributed by atoms with Gasteiger partial charge in [-0.05, 0) is 37.1 Å². The fraction of sp³-hybridized carbons (Fsp3) is 0.400. The molecule has 0 saturated heterocycles. The summed E-state index contributed by atoms with van der Waals surface area (Å²) < 4.78 is 14.8. The standard InChI is InChI=1S/C15H16FN3O2/c16-11-8-6-10(7-9-11)14-13(15(20)21)17-18-19(14)12-4-2-1-3-5-12/h6-9,12H,1-5H2,(H,20,21). The van der Waals surface area contributed by atoms with Crippen LogP contribution in [0.15, 0.2) is 24.3 Å². The number of benzene rings is 1. The van der Waals surface area contributed by atoms with E-state index in [2.05, 4.69) is 10.3 Å². The molecule has 1 N–H and O–H groups in total. The smallest absolute Gasteiger partial charge is 0.358 e. The first-order valence-corrected chi connectivity index (χ1v) is 7.11. The summed E-state index contributed by atoms with van der Waals surface area (Å²) in [5.74, 6) is -1.47. The highest BCUT2D eigenvalue weighted by Crippen LogP contribution is 2.33. The van der Waals surface area contributed by atoms with Crippen molar-refractivity contribution in [1.29, 1.82) is 0 Å². The molecule has 0 aliphatic heterocycles. The van der Waals surface area contributed by atoms with Crippen LogP contribution in [0.1, 0.15) is 48.6 Å². The van der Waals surface area contributed by atoms with Gasteiger partial charge in [-0.2, -0.15) is 0 Å². The summed E-state index contributed by atoms with van der Waals surface area (Å²) in [7, 11) is 0. The topological polar surface area (TPSA) is 68.0 Å². The number of carboxylic acids is 1. The van der Waals surface area contributed by atoms with E-state index in [4.69, 9.17) is 0 Å². The molecule has 1 aliphatic carbocycles. The number of carbonyl (C=O) groups is 1. The molecule has 0 atom stereocenters. The first kappa shape index (κ1) is 13.7. The predicted molar refractivity (Wildman–Crippen MR) is 74.5 cm³/mol. The molecule has 5 nitrogen and oxygen atoms in total. The summed E-state index contributed by atoms with van der Waals surface area (Å²) in [4.78, 5) is 11.4. The van der Waals surface area contributed by atoms with Gasteiger partial charge in [0.15, 0.2) is 5.69 Å².